The van der Waals surface area contributed by atoms with E-state index in [1.807, 2.05) is 0 Å². The molecule has 0 saturated heterocycles. The van der Waals surface area contributed by atoms with Crippen molar-refractivity contribution < 1.29 is 19.8 Å². The number of hydrogen-bond donors (Lipinski definition) is 3. The van der Waals surface area contributed by atoms with E-state index < -0.39 is 24.0 Å². The summed E-state index contributed by atoms with van der Waals surface area (Å²) in [6.45, 7) is 4.93. The molecular weight excluding hydrogens is 198 g/mol. The molecule has 0 bridgehead atoms. The summed E-state index contributed by atoms with van der Waals surface area (Å²) in [6, 6.07) is -1.06. The van der Waals surface area contributed by atoms with Crippen molar-refractivity contribution in [3.8, 4) is 0 Å². The summed E-state index contributed by atoms with van der Waals surface area (Å²) in [7, 11) is 1.45. The summed E-state index contributed by atoms with van der Waals surface area (Å²) >= 11 is 0. The van der Waals surface area contributed by atoms with Crippen LogP contribution in [0.25, 0.3) is 0 Å². The average molecular weight is 215 g/mol. The average Bonchev–Trinajstić information content (AvgIpc) is 2.17. The number of carboxylic acid groups (broad SMARTS) is 1. The Morgan fingerprint density at radius 2 is 2.07 bits per heavy atom. The molecule has 0 heterocycles. The van der Waals surface area contributed by atoms with Crippen molar-refractivity contribution in [1.29, 1.82) is 0 Å². The van der Waals surface area contributed by atoms with E-state index in [1.165, 1.54) is 13.1 Å². The van der Waals surface area contributed by atoms with E-state index in [0.29, 0.717) is 0 Å². The van der Waals surface area contributed by atoms with E-state index in [9.17, 15) is 14.7 Å². The highest BCUT2D eigenvalue weighted by Gasteiger charge is 2.29. The Morgan fingerprint density at radius 3 is 2.40 bits per heavy atom. The number of rotatable bonds is 7. The van der Waals surface area contributed by atoms with Crippen LogP contribution in [0, 0.1) is 5.92 Å². The predicted octanol–water partition coefficient (Wildman–Crippen LogP) is -0.199. The summed E-state index contributed by atoms with van der Waals surface area (Å²) in [4.78, 5) is 21.7. The molecule has 0 rings (SSSR count). The van der Waals surface area contributed by atoms with Crippen LogP contribution in [-0.2, 0) is 9.59 Å². The number of carbonyl (C=O) groups excluding carboxylic acids is 1. The molecule has 3 atom stereocenters. The number of aliphatic hydroxyl groups excluding tert-OH is 1. The van der Waals surface area contributed by atoms with E-state index in [-0.39, 0.29) is 12.2 Å². The third kappa shape index (κ3) is 4.22. The molecule has 0 radical (unpaired) electrons. The van der Waals surface area contributed by atoms with Gasteiger partial charge in [0, 0.05) is 6.42 Å². The minimum Gasteiger partial charge on any atom is -0.480 e. The molecule has 0 saturated carbocycles. The van der Waals surface area contributed by atoms with Crippen LogP contribution in [0.5, 0.6) is 0 Å². The maximum Gasteiger partial charge on any atom is 0.323 e. The second-order valence-corrected chi connectivity index (χ2v) is 3.45. The topological polar surface area (TPSA) is 86.6 Å². The van der Waals surface area contributed by atoms with Crippen molar-refractivity contribution in [1.82, 2.24) is 5.32 Å². The lowest BCUT2D eigenvalue weighted by molar-refractivity contribution is -0.143. The zero-order valence-electron chi connectivity index (χ0n) is 8.93. The van der Waals surface area contributed by atoms with Crippen LogP contribution in [0.4, 0.5) is 0 Å². The van der Waals surface area contributed by atoms with Gasteiger partial charge in [0.1, 0.15) is 6.04 Å². The number of nitrogens with one attached hydrogen (secondary N) is 1. The molecular formula is C10H17NO4. The molecule has 5 heteroatoms. The molecule has 0 amide bonds. The summed E-state index contributed by atoms with van der Waals surface area (Å²) in [5, 5.41) is 20.9. The van der Waals surface area contributed by atoms with E-state index >= 15 is 0 Å². The summed E-state index contributed by atoms with van der Waals surface area (Å²) in [5.41, 5.74) is 0. The van der Waals surface area contributed by atoms with Gasteiger partial charge in [-0.05, 0) is 19.0 Å². The van der Waals surface area contributed by atoms with Gasteiger partial charge in [0.25, 0.3) is 0 Å². The number of carboxylic acids is 1. The molecule has 0 aromatic heterocycles. The molecule has 0 aromatic rings. The smallest absolute Gasteiger partial charge is 0.323 e. The van der Waals surface area contributed by atoms with Crippen LogP contribution in [0.15, 0.2) is 12.7 Å². The van der Waals surface area contributed by atoms with Crippen LogP contribution in [0.2, 0.25) is 0 Å². The van der Waals surface area contributed by atoms with Crippen molar-refractivity contribution in [2.24, 2.45) is 5.92 Å². The van der Waals surface area contributed by atoms with Gasteiger partial charge in [0.05, 0.1) is 6.10 Å². The number of ketones is 1. The lowest BCUT2D eigenvalue weighted by Crippen LogP contribution is -2.47. The van der Waals surface area contributed by atoms with Gasteiger partial charge in [0.15, 0.2) is 5.78 Å². The van der Waals surface area contributed by atoms with Gasteiger partial charge in [-0.25, -0.2) is 0 Å². The molecule has 1 unspecified atom stereocenters. The highest BCUT2D eigenvalue weighted by Crippen LogP contribution is 2.12. The number of hydrogen-bond acceptors (Lipinski definition) is 4. The quantitative estimate of drug-likeness (QED) is 0.512. The second kappa shape index (κ2) is 6.31. The van der Waals surface area contributed by atoms with Crippen LogP contribution >= 0.6 is 0 Å². The maximum absolute atomic E-state index is 11.0. The number of aliphatic carboxylic acids is 1. The fraction of sp³-hybridized carbons (Fsp3) is 0.600. The fourth-order valence-electron chi connectivity index (χ4n) is 1.29. The van der Waals surface area contributed by atoms with E-state index in [4.69, 9.17) is 5.11 Å². The highest BCUT2D eigenvalue weighted by molar-refractivity contribution is 5.89. The van der Waals surface area contributed by atoms with Crippen molar-refractivity contribution in [3.05, 3.63) is 12.7 Å². The molecule has 0 aromatic carbocycles. The van der Waals surface area contributed by atoms with Gasteiger partial charge in [-0.3, -0.25) is 9.59 Å². The first-order chi connectivity index (χ1) is 6.93. The number of carbonyl (C=O) groups is 2. The molecule has 0 aliphatic rings. The number of allylic oxidation sites excluding steroid dienone is 1. The summed E-state index contributed by atoms with van der Waals surface area (Å²) < 4.78 is 0. The van der Waals surface area contributed by atoms with Gasteiger partial charge in [-0.1, -0.05) is 13.5 Å². The molecule has 3 N–H and O–H groups in total. The number of likely N-dealkylation sites (N-methyl/N-ethyl adjacent to an activating group) is 1. The van der Waals surface area contributed by atoms with Crippen molar-refractivity contribution in [3.63, 3.8) is 0 Å². The molecule has 0 aliphatic carbocycles. The molecule has 15 heavy (non-hydrogen) atoms. The molecule has 5 nitrogen and oxygen atoms in total. The monoisotopic (exact) mass is 215 g/mol. The normalized spacial score (nSPS) is 16.5. The maximum atomic E-state index is 11.0. The van der Waals surface area contributed by atoms with Gasteiger partial charge in [-0.15, -0.1) is 0 Å². The summed E-state index contributed by atoms with van der Waals surface area (Å²) in [5.74, 6) is -1.77. The van der Waals surface area contributed by atoms with E-state index in [2.05, 4.69) is 11.9 Å². The Labute approximate surface area is 88.8 Å². The van der Waals surface area contributed by atoms with Crippen LogP contribution in [0.3, 0.4) is 0 Å². The van der Waals surface area contributed by atoms with E-state index in [0.717, 1.165) is 0 Å². The highest BCUT2D eigenvalue weighted by atomic mass is 16.4. The Morgan fingerprint density at radius 1 is 1.53 bits per heavy atom. The minimum atomic E-state index is -1.14. The third-order valence-corrected chi connectivity index (χ3v) is 2.25. The minimum absolute atomic E-state index is 0.0934. The zero-order valence-corrected chi connectivity index (χ0v) is 8.93. The van der Waals surface area contributed by atoms with Crippen molar-refractivity contribution in [2.45, 2.75) is 25.5 Å². The Hall–Kier alpha value is -1.20. The second-order valence-electron chi connectivity index (χ2n) is 3.45. The van der Waals surface area contributed by atoms with Gasteiger partial charge < -0.3 is 15.5 Å². The molecule has 86 valence electrons. The zero-order chi connectivity index (χ0) is 12.0. The number of aliphatic hydroxyl groups is 1. The Bertz CT molecular complexity index is 252. The summed E-state index contributed by atoms with van der Waals surface area (Å²) in [6.07, 6.45) is 0.158. The SMILES string of the molecule is C=CC(=O)C[C@@H](C)C(O)[C@H](NC)C(=O)O. The fourth-order valence-corrected chi connectivity index (χ4v) is 1.29. The molecule has 0 aliphatic heterocycles. The van der Waals surface area contributed by atoms with E-state index in [1.54, 1.807) is 6.92 Å². The van der Waals surface area contributed by atoms with Crippen LogP contribution in [0.1, 0.15) is 13.3 Å². The third-order valence-electron chi connectivity index (χ3n) is 2.25. The standard InChI is InChI=1S/C10H17NO4/c1-4-7(12)5-6(2)9(13)8(11-3)10(14)15/h4,6,8-9,11,13H,1,5H2,2-3H3,(H,14,15)/t6-,8+,9?/m1/s1. The largest absolute Gasteiger partial charge is 0.480 e. The van der Waals surface area contributed by atoms with Crippen molar-refractivity contribution in [2.75, 3.05) is 7.05 Å². The van der Waals surface area contributed by atoms with Crippen LogP contribution in [-0.4, -0.2) is 41.2 Å². The van der Waals surface area contributed by atoms with Crippen LogP contribution < -0.4 is 5.32 Å². The predicted molar refractivity (Wildman–Crippen MR) is 55.5 cm³/mol. The first-order valence-electron chi connectivity index (χ1n) is 4.67. The molecule has 0 fully saturated rings. The Balaban J connectivity index is 4.40. The van der Waals surface area contributed by atoms with Gasteiger partial charge in [-0.2, -0.15) is 0 Å². The first-order valence-corrected chi connectivity index (χ1v) is 4.67. The first kappa shape index (κ1) is 13.8. The van der Waals surface area contributed by atoms with Gasteiger partial charge >= 0.3 is 5.97 Å². The lowest BCUT2D eigenvalue weighted by atomic mass is 9.93. The lowest BCUT2D eigenvalue weighted by Gasteiger charge is -2.23. The Kier molecular flexibility index (Phi) is 5.81. The van der Waals surface area contributed by atoms with Crippen molar-refractivity contribution >= 4 is 11.8 Å². The molecule has 0 spiro atoms. The van der Waals surface area contributed by atoms with Gasteiger partial charge in [0.2, 0.25) is 0 Å².